The van der Waals surface area contributed by atoms with Crippen LogP contribution in [0.3, 0.4) is 0 Å². The molecule has 0 radical (unpaired) electrons. The molecular formula is C16H28N4O. The van der Waals surface area contributed by atoms with Gasteiger partial charge >= 0.3 is 0 Å². The Hall–Kier alpha value is -0.940. The molecule has 3 heterocycles. The van der Waals surface area contributed by atoms with Crippen LogP contribution in [-0.2, 0) is 6.42 Å². The number of aromatic nitrogens is 2. The minimum Gasteiger partial charge on any atom is -0.338 e. The van der Waals surface area contributed by atoms with E-state index in [0.29, 0.717) is 0 Å². The molecule has 2 saturated heterocycles. The third-order valence-corrected chi connectivity index (χ3v) is 5.11. The van der Waals surface area contributed by atoms with Crippen molar-refractivity contribution in [1.29, 1.82) is 0 Å². The van der Waals surface area contributed by atoms with E-state index in [1.807, 2.05) is 0 Å². The van der Waals surface area contributed by atoms with Crippen molar-refractivity contribution in [3.63, 3.8) is 0 Å². The van der Waals surface area contributed by atoms with Gasteiger partial charge in [-0.2, -0.15) is 4.98 Å². The van der Waals surface area contributed by atoms with Crippen molar-refractivity contribution in [3.05, 3.63) is 11.7 Å². The van der Waals surface area contributed by atoms with Crippen molar-refractivity contribution < 1.29 is 4.52 Å². The number of hydrogen-bond acceptors (Lipinski definition) is 5. The molecule has 2 aliphatic heterocycles. The zero-order valence-electron chi connectivity index (χ0n) is 13.4. The third kappa shape index (κ3) is 3.46. The topological polar surface area (TPSA) is 45.4 Å². The van der Waals surface area contributed by atoms with Crippen molar-refractivity contribution in [3.8, 4) is 0 Å². The summed E-state index contributed by atoms with van der Waals surface area (Å²) in [5.41, 5.74) is 0. The SMILES string of the molecule is CCc1noc([C@@H](C)N2CCC(N3CCCCC3)CC2)n1. The summed E-state index contributed by atoms with van der Waals surface area (Å²) in [6, 6.07) is 1.04. The van der Waals surface area contributed by atoms with E-state index in [9.17, 15) is 0 Å². The normalized spacial score (nSPS) is 24.3. The summed E-state index contributed by atoms with van der Waals surface area (Å²) in [5.74, 6) is 1.60. The van der Waals surface area contributed by atoms with Crippen LogP contribution in [0.1, 0.15) is 63.7 Å². The molecule has 5 heteroatoms. The van der Waals surface area contributed by atoms with Crippen LogP contribution in [0, 0.1) is 0 Å². The van der Waals surface area contributed by atoms with Crippen LogP contribution >= 0.6 is 0 Å². The van der Waals surface area contributed by atoms with Gasteiger partial charge in [0.2, 0.25) is 5.89 Å². The van der Waals surface area contributed by atoms with E-state index < -0.39 is 0 Å². The van der Waals surface area contributed by atoms with Crippen molar-refractivity contribution in [2.45, 2.75) is 64.5 Å². The van der Waals surface area contributed by atoms with Crippen LogP contribution in [0.15, 0.2) is 4.52 Å². The van der Waals surface area contributed by atoms with Gasteiger partial charge in [-0.3, -0.25) is 4.90 Å². The van der Waals surface area contributed by atoms with E-state index in [4.69, 9.17) is 4.52 Å². The highest BCUT2D eigenvalue weighted by Crippen LogP contribution is 2.26. The third-order valence-electron chi connectivity index (χ3n) is 5.11. The second-order valence-electron chi connectivity index (χ2n) is 6.44. The first-order valence-electron chi connectivity index (χ1n) is 8.58. The lowest BCUT2D eigenvalue weighted by Crippen LogP contribution is -2.47. The first-order valence-corrected chi connectivity index (χ1v) is 8.58. The van der Waals surface area contributed by atoms with Crippen LogP contribution in [0.2, 0.25) is 0 Å². The van der Waals surface area contributed by atoms with Gasteiger partial charge in [-0.05, 0) is 45.7 Å². The number of piperidine rings is 2. The van der Waals surface area contributed by atoms with Gasteiger partial charge in [-0.15, -0.1) is 0 Å². The molecule has 1 aromatic rings. The first kappa shape index (κ1) is 15.0. The number of hydrogen-bond donors (Lipinski definition) is 0. The molecule has 1 aromatic heterocycles. The predicted molar refractivity (Wildman–Crippen MR) is 82.1 cm³/mol. The molecule has 0 unspecified atom stereocenters. The highest BCUT2D eigenvalue weighted by molar-refractivity contribution is 4.94. The summed E-state index contributed by atoms with van der Waals surface area (Å²) < 4.78 is 5.40. The second kappa shape index (κ2) is 6.88. The summed E-state index contributed by atoms with van der Waals surface area (Å²) in [7, 11) is 0. The molecule has 0 aliphatic carbocycles. The Bertz CT molecular complexity index is 433. The average Bonchev–Trinajstić information content (AvgIpc) is 3.04. The van der Waals surface area contributed by atoms with E-state index in [1.54, 1.807) is 0 Å². The number of aryl methyl sites for hydroxylation is 1. The fraction of sp³-hybridized carbons (Fsp3) is 0.875. The molecule has 0 bridgehead atoms. The van der Waals surface area contributed by atoms with Crippen molar-refractivity contribution in [1.82, 2.24) is 19.9 Å². The van der Waals surface area contributed by atoms with Gasteiger partial charge in [0.15, 0.2) is 5.82 Å². The number of likely N-dealkylation sites (tertiary alicyclic amines) is 2. The van der Waals surface area contributed by atoms with Crippen molar-refractivity contribution in [2.75, 3.05) is 26.2 Å². The molecule has 0 spiro atoms. The van der Waals surface area contributed by atoms with E-state index >= 15 is 0 Å². The molecule has 0 N–H and O–H groups in total. The summed E-state index contributed by atoms with van der Waals surface area (Å²) in [5, 5.41) is 4.02. The molecule has 0 amide bonds. The number of rotatable bonds is 4. The van der Waals surface area contributed by atoms with Crippen LogP contribution in [0.5, 0.6) is 0 Å². The maximum atomic E-state index is 5.40. The lowest BCUT2D eigenvalue weighted by atomic mass is 9.99. The van der Waals surface area contributed by atoms with Gasteiger partial charge in [-0.25, -0.2) is 0 Å². The Morgan fingerprint density at radius 1 is 1.14 bits per heavy atom. The van der Waals surface area contributed by atoms with Crippen molar-refractivity contribution in [2.24, 2.45) is 0 Å². The smallest absolute Gasteiger partial charge is 0.243 e. The van der Waals surface area contributed by atoms with Crippen LogP contribution in [0.4, 0.5) is 0 Å². The number of nitrogens with zero attached hydrogens (tertiary/aromatic N) is 4. The van der Waals surface area contributed by atoms with E-state index in [1.165, 1.54) is 45.2 Å². The lowest BCUT2D eigenvalue weighted by Gasteiger charge is -2.41. The largest absolute Gasteiger partial charge is 0.338 e. The maximum Gasteiger partial charge on any atom is 0.243 e. The van der Waals surface area contributed by atoms with Gasteiger partial charge < -0.3 is 9.42 Å². The van der Waals surface area contributed by atoms with Gasteiger partial charge in [-0.1, -0.05) is 18.5 Å². The molecule has 3 rings (SSSR count). The van der Waals surface area contributed by atoms with Gasteiger partial charge in [0.1, 0.15) is 0 Å². The summed E-state index contributed by atoms with van der Waals surface area (Å²) >= 11 is 0. The second-order valence-corrected chi connectivity index (χ2v) is 6.44. The van der Waals surface area contributed by atoms with Crippen LogP contribution in [0.25, 0.3) is 0 Å². The Kier molecular flexibility index (Phi) is 4.91. The molecule has 5 nitrogen and oxygen atoms in total. The highest BCUT2D eigenvalue weighted by atomic mass is 16.5. The summed E-state index contributed by atoms with van der Waals surface area (Å²) in [4.78, 5) is 9.69. The zero-order valence-corrected chi connectivity index (χ0v) is 13.4. The molecule has 0 saturated carbocycles. The minimum absolute atomic E-state index is 0.250. The molecule has 21 heavy (non-hydrogen) atoms. The summed E-state index contributed by atoms with van der Waals surface area (Å²) in [6.07, 6.45) is 7.59. The fourth-order valence-corrected chi connectivity index (χ4v) is 3.66. The Morgan fingerprint density at radius 3 is 2.48 bits per heavy atom. The fourth-order valence-electron chi connectivity index (χ4n) is 3.66. The Labute approximate surface area is 127 Å². The molecule has 2 aliphatic rings. The quantitative estimate of drug-likeness (QED) is 0.853. The Balaban J connectivity index is 1.52. The maximum absolute atomic E-state index is 5.40. The van der Waals surface area contributed by atoms with Crippen LogP contribution < -0.4 is 0 Å². The van der Waals surface area contributed by atoms with Gasteiger partial charge in [0, 0.05) is 25.6 Å². The molecule has 0 aromatic carbocycles. The van der Waals surface area contributed by atoms with Gasteiger partial charge in [0.25, 0.3) is 0 Å². The molecule has 118 valence electrons. The lowest BCUT2D eigenvalue weighted by molar-refractivity contribution is 0.0677. The average molecular weight is 292 g/mol. The zero-order chi connectivity index (χ0) is 14.7. The molecule has 1 atom stereocenters. The monoisotopic (exact) mass is 292 g/mol. The van der Waals surface area contributed by atoms with E-state index in [0.717, 1.165) is 37.3 Å². The highest BCUT2D eigenvalue weighted by Gasteiger charge is 2.29. The first-order chi connectivity index (χ1) is 10.3. The predicted octanol–water partition coefficient (Wildman–Crippen LogP) is 2.64. The van der Waals surface area contributed by atoms with Gasteiger partial charge in [0.05, 0.1) is 6.04 Å². The minimum atomic E-state index is 0.250. The molecule has 2 fully saturated rings. The Morgan fingerprint density at radius 2 is 1.86 bits per heavy atom. The summed E-state index contributed by atoms with van der Waals surface area (Å²) in [6.45, 7) is 9.16. The van der Waals surface area contributed by atoms with E-state index in [-0.39, 0.29) is 6.04 Å². The van der Waals surface area contributed by atoms with Crippen LogP contribution in [-0.4, -0.2) is 52.2 Å². The van der Waals surface area contributed by atoms with Crippen molar-refractivity contribution >= 4 is 0 Å². The van der Waals surface area contributed by atoms with E-state index in [2.05, 4.69) is 33.8 Å². The standard InChI is InChI=1S/C16H28N4O/c1-3-15-17-16(21-18-15)13(2)19-11-7-14(8-12-19)20-9-5-4-6-10-20/h13-14H,3-12H2,1-2H3/t13-/m1/s1. The molecular weight excluding hydrogens is 264 g/mol.